The monoisotopic (exact) mass is 399 g/mol. The van der Waals surface area contributed by atoms with E-state index in [1.54, 1.807) is 62.3 Å². The van der Waals surface area contributed by atoms with Crippen LogP contribution in [0.3, 0.4) is 0 Å². The van der Waals surface area contributed by atoms with Gasteiger partial charge in [0.15, 0.2) is 0 Å². The van der Waals surface area contributed by atoms with E-state index in [0.717, 1.165) is 4.90 Å². The lowest BCUT2D eigenvalue weighted by atomic mass is 10.0. The zero-order valence-corrected chi connectivity index (χ0v) is 18.4. The third-order valence-electron chi connectivity index (χ3n) is 3.51. The van der Waals surface area contributed by atoms with Gasteiger partial charge in [0.05, 0.1) is 12.3 Å². The number of hydrogen-bond acceptors (Lipinski definition) is 7. The van der Waals surface area contributed by atoms with Crippen LogP contribution in [-0.4, -0.2) is 51.7 Å². The van der Waals surface area contributed by atoms with E-state index in [1.165, 1.54) is 0 Å². The molecule has 1 aliphatic rings. The van der Waals surface area contributed by atoms with Gasteiger partial charge in [-0.05, 0) is 68.7 Å². The summed E-state index contributed by atoms with van der Waals surface area (Å²) in [4.78, 5) is 50.9. The molecule has 8 nitrogen and oxygen atoms in total. The Bertz CT molecular complexity index is 634. The van der Waals surface area contributed by atoms with E-state index in [-0.39, 0.29) is 12.8 Å². The summed E-state index contributed by atoms with van der Waals surface area (Å²) in [5, 5.41) is 0. The SMILES string of the molecule is CC(C)(C)OC(=O)C[C@H]1C[C@H](C(=O)OC(C)(C)C)N(C(=O)OC(C)(C)C)C1=O. The standard InChI is InChI=1S/C20H33NO7/c1-18(2,3)26-14(22)11-12-10-13(16(24)27-19(4,5)6)21(15(12)23)17(25)28-20(7,8)9/h12-13H,10-11H2,1-9H3/t12-,13-/m1/s1. The lowest BCUT2D eigenvalue weighted by Gasteiger charge is -2.28. The van der Waals surface area contributed by atoms with E-state index in [2.05, 4.69) is 0 Å². The van der Waals surface area contributed by atoms with Crippen LogP contribution in [0.5, 0.6) is 0 Å². The van der Waals surface area contributed by atoms with Crippen molar-refractivity contribution in [3.63, 3.8) is 0 Å². The van der Waals surface area contributed by atoms with Crippen molar-refractivity contribution >= 4 is 23.9 Å². The molecule has 160 valence electrons. The van der Waals surface area contributed by atoms with Crippen molar-refractivity contribution in [2.45, 2.75) is 98.0 Å². The van der Waals surface area contributed by atoms with E-state index in [0.29, 0.717) is 0 Å². The molecule has 8 heteroatoms. The molecule has 0 aliphatic carbocycles. The van der Waals surface area contributed by atoms with Crippen LogP contribution in [0.25, 0.3) is 0 Å². The summed E-state index contributed by atoms with van der Waals surface area (Å²) >= 11 is 0. The molecule has 1 aliphatic heterocycles. The number of imide groups is 1. The number of carbonyl (C=O) groups excluding carboxylic acids is 4. The first-order valence-electron chi connectivity index (χ1n) is 9.40. The van der Waals surface area contributed by atoms with E-state index < -0.39 is 52.7 Å². The van der Waals surface area contributed by atoms with Gasteiger partial charge in [-0.2, -0.15) is 0 Å². The zero-order valence-electron chi connectivity index (χ0n) is 18.4. The molecule has 2 atom stereocenters. The third kappa shape index (κ3) is 7.48. The Balaban J connectivity index is 3.06. The summed E-state index contributed by atoms with van der Waals surface area (Å²) in [5.41, 5.74) is -2.34. The van der Waals surface area contributed by atoms with Crippen LogP contribution in [0.1, 0.15) is 75.2 Å². The largest absolute Gasteiger partial charge is 0.460 e. The number of rotatable bonds is 3. The lowest BCUT2D eigenvalue weighted by molar-refractivity contribution is -0.161. The van der Waals surface area contributed by atoms with Crippen LogP contribution < -0.4 is 0 Å². The second-order valence-electron chi connectivity index (χ2n) is 9.96. The molecule has 0 saturated carbocycles. The van der Waals surface area contributed by atoms with Gasteiger partial charge in [-0.1, -0.05) is 0 Å². The highest BCUT2D eigenvalue weighted by atomic mass is 16.6. The molecule has 0 aromatic rings. The van der Waals surface area contributed by atoms with Crippen LogP contribution in [0, 0.1) is 5.92 Å². The van der Waals surface area contributed by atoms with Crippen LogP contribution in [0.4, 0.5) is 4.79 Å². The molecule has 0 aromatic heterocycles. The van der Waals surface area contributed by atoms with Gasteiger partial charge < -0.3 is 14.2 Å². The molecule has 1 saturated heterocycles. The average molecular weight is 399 g/mol. The second-order valence-corrected chi connectivity index (χ2v) is 9.96. The molecule has 0 radical (unpaired) electrons. The second kappa shape index (κ2) is 8.09. The van der Waals surface area contributed by atoms with Crippen molar-refractivity contribution in [1.82, 2.24) is 4.90 Å². The topological polar surface area (TPSA) is 99.2 Å². The van der Waals surface area contributed by atoms with Crippen LogP contribution in [0.2, 0.25) is 0 Å². The first kappa shape index (κ1) is 23.9. The molecule has 0 bridgehead atoms. The van der Waals surface area contributed by atoms with Gasteiger partial charge in [0.25, 0.3) is 0 Å². The maximum Gasteiger partial charge on any atom is 0.417 e. The molecule has 2 amide bonds. The fourth-order valence-electron chi connectivity index (χ4n) is 2.68. The minimum Gasteiger partial charge on any atom is -0.460 e. The van der Waals surface area contributed by atoms with Gasteiger partial charge in [-0.15, -0.1) is 0 Å². The Labute approximate surface area is 166 Å². The summed E-state index contributed by atoms with van der Waals surface area (Å²) in [6, 6.07) is -1.14. The van der Waals surface area contributed by atoms with Crippen molar-refractivity contribution in [2.24, 2.45) is 5.92 Å². The predicted molar refractivity (Wildman–Crippen MR) is 101 cm³/mol. The fraction of sp³-hybridized carbons (Fsp3) is 0.800. The Hall–Kier alpha value is -2.12. The van der Waals surface area contributed by atoms with Crippen LogP contribution >= 0.6 is 0 Å². The summed E-state index contributed by atoms with van der Waals surface area (Å²) in [5.74, 6) is -2.78. The molecule has 0 unspecified atom stereocenters. The molecule has 28 heavy (non-hydrogen) atoms. The van der Waals surface area contributed by atoms with E-state index in [4.69, 9.17) is 14.2 Å². The predicted octanol–water partition coefficient (Wildman–Crippen LogP) is 3.21. The normalized spacial score (nSPS) is 20.8. The number of carbonyl (C=O) groups is 4. The molecular weight excluding hydrogens is 366 g/mol. The molecule has 1 heterocycles. The summed E-state index contributed by atoms with van der Waals surface area (Å²) in [6.07, 6.45) is -1.18. The van der Waals surface area contributed by atoms with E-state index >= 15 is 0 Å². The number of likely N-dealkylation sites (tertiary alicyclic amines) is 1. The van der Waals surface area contributed by atoms with Crippen molar-refractivity contribution in [3.05, 3.63) is 0 Å². The summed E-state index contributed by atoms with van der Waals surface area (Å²) in [6.45, 7) is 15.2. The molecule has 1 fully saturated rings. The molecular formula is C20H33NO7. The first-order valence-corrected chi connectivity index (χ1v) is 9.40. The van der Waals surface area contributed by atoms with Gasteiger partial charge in [-0.25, -0.2) is 14.5 Å². The average Bonchev–Trinajstić information content (AvgIpc) is 2.70. The van der Waals surface area contributed by atoms with Crippen molar-refractivity contribution in [3.8, 4) is 0 Å². The van der Waals surface area contributed by atoms with E-state index in [1.807, 2.05) is 0 Å². The molecule has 0 spiro atoms. The summed E-state index contributed by atoms with van der Waals surface area (Å²) in [7, 11) is 0. The minimum atomic E-state index is -1.14. The number of ether oxygens (including phenoxy) is 3. The van der Waals surface area contributed by atoms with Crippen molar-refractivity contribution in [1.29, 1.82) is 0 Å². The maximum atomic E-state index is 12.8. The molecule has 1 rings (SSSR count). The maximum absolute atomic E-state index is 12.8. The Morgan fingerprint density at radius 3 is 1.75 bits per heavy atom. The third-order valence-corrected chi connectivity index (χ3v) is 3.51. The van der Waals surface area contributed by atoms with Crippen molar-refractivity contribution in [2.75, 3.05) is 0 Å². The Morgan fingerprint density at radius 2 is 1.32 bits per heavy atom. The first-order chi connectivity index (χ1) is 12.4. The highest BCUT2D eigenvalue weighted by Gasteiger charge is 2.50. The number of hydrogen-bond donors (Lipinski definition) is 0. The van der Waals surface area contributed by atoms with Gasteiger partial charge >= 0.3 is 18.0 Å². The molecule has 0 aromatic carbocycles. The van der Waals surface area contributed by atoms with E-state index in [9.17, 15) is 19.2 Å². The van der Waals surface area contributed by atoms with Crippen molar-refractivity contribution < 1.29 is 33.4 Å². The number of amides is 2. The smallest absolute Gasteiger partial charge is 0.417 e. The van der Waals surface area contributed by atoms with Gasteiger partial charge in [0.2, 0.25) is 5.91 Å². The highest BCUT2D eigenvalue weighted by Crippen LogP contribution is 2.31. The van der Waals surface area contributed by atoms with Gasteiger partial charge in [0.1, 0.15) is 22.8 Å². The summed E-state index contributed by atoms with van der Waals surface area (Å²) < 4.78 is 15.9. The highest BCUT2D eigenvalue weighted by molar-refractivity contribution is 6.01. The quantitative estimate of drug-likeness (QED) is 0.531. The lowest BCUT2D eigenvalue weighted by Crippen LogP contribution is -2.47. The van der Waals surface area contributed by atoms with Crippen LogP contribution in [0.15, 0.2) is 0 Å². The fourth-order valence-corrected chi connectivity index (χ4v) is 2.68. The minimum absolute atomic E-state index is 0.0216. The Kier molecular flexibility index (Phi) is 6.91. The van der Waals surface area contributed by atoms with Crippen LogP contribution in [-0.2, 0) is 28.6 Å². The molecule has 0 N–H and O–H groups in total. The number of nitrogens with zero attached hydrogens (tertiary/aromatic N) is 1. The Morgan fingerprint density at radius 1 is 0.857 bits per heavy atom. The zero-order chi connectivity index (χ0) is 22.1. The van der Waals surface area contributed by atoms with Gasteiger partial charge in [-0.3, -0.25) is 9.59 Å². The number of esters is 2. The van der Waals surface area contributed by atoms with Gasteiger partial charge in [0, 0.05) is 0 Å².